The fraction of sp³-hybridized carbons (Fsp3) is 0.167. The molecule has 0 atom stereocenters. The molecule has 7 heteroatoms. The lowest BCUT2D eigenvalue weighted by atomic mass is 10.3. The minimum atomic E-state index is -1.19. The first-order valence-corrected chi connectivity index (χ1v) is 3.31. The molecule has 1 amide bonds. The number of amides is 1. The fourth-order valence-electron chi connectivity index (χ4n) is 0.687. The summed E-state index contributed by atoms with van der Waals surface area (Å²) in [6, 6.07) is 0. The summed E-state index contributed by atoms with van der Waals surface area (Å²) in [6.45, 7) is -0.188. The Morgan fingerprint density at radius 2 is 2.38 bits per heavy atom. The van der Waals surface area contributed by atoms with E-state index in [1.807, 2.05) is 0 Å². The summed E-state index contributed by atoms with van der Waals surface area (Å²) in [7, 11) is 0. The summed E-state index contributed by atoms with van der Waals surface area (Å²) in [5, 5.41) is 14.3. The van der Waals surface area contributed by atoms with E-state index in [2.05, 4.69) is 15.0 Å². The molecule has 0 radical (unpaired) electrons. The zero-order chi connectivity index (χ0) is 9.84. The third kappa shape index (κ3) is 2.19. The van der Waals surface area contributed by atoms with Gasteiger partial charge in [0.25, 0.3) is 0 Å². The zero-order valence-electron chi connectivity index (χ0n) is 6.48. The van der Waals surface area contributed by atoms with Gasteiger partial charge in [0, 0.05) is 0 Å². The number of anilines is 1. The van der Waals surface area contributed by atoms with Crippen LogP contribution >= 0.6 is 0 Å². The SMILES string of the molecule is NC(=O)CNc1nocc1C(=O)O. The van der Waals surface area contributed by atoms with Gasteiger partial charge in [-0.25, -0.2) is 4.79 Å². The Balaban J connectivity index is 2.71. The van der Waals surface area contributed by atoms with Crippen molar-refractivity contribution in [3.05, 3.63) is 11.8 Å². The Morgan fingerprint density at radius 3 is 2.92 bits per heavy atom. The molecule has 1 rings (SSSR count). The predicted molar refractivity (Wildman–Crippen MR) is 41.1 cm³/mol. The lowest BCUT2D eigenvalue weighted by Gasteiger charge is -1.98. The molecule has 13 heavy (non-hydrogen) atoms. The van der Waals surface area contributed by atoms with Crippen molar-refractivity contribution in [3.8, 4) is 0 Å². The Hall–Kier alpha value is -2.05. The molecule has 0 bridgehead atoms. The van der Waals surface area contributed by atoms with Gasteiger partial charge < -0.3 is 20.7 Å². The van der Waals surface area contributed by atoms with Crippen molar-refractivity contribution in [2.75, 3.05) is 11.9 Å². The first-order chi connectivity index (χ1) is 6.11. The Kier molecular flexibility index (Phi) is 2.48. The lowest BCUT2D eigenvalue weighted by molar-refractivity contribution is -0.116. The quantitative estimate of drug-likeness (QED) is 0.569. The van der Waals surface area contributed by atoms with Crippen LogP contribution in [0.5, 0.6) is 0 Å². The smallest absolute Gasteiger partial charge is 0.342 e. The average Bonchev–Trinajstić information content (AvgIpc) is 2.47. The van der Waals surface area contributed by atoms with E-state index in [0.29, 0.717) is 0 Å². The maximum atomic E-state index is 10.5. The van der Waals surface area contributed by atoms with E-state index >= 15 is 0 Å². The summed E-state index contributed by atoms with van der Waals surface area (Å²) in [6.07, 6.45) is 0.964. The molecule has 0 saturated carbocycles. The number of nitrogens with two attached hydrogens (primary N) is 1. The van der Waals surface area contributed by atoms with Crippen LogP contribution in [0.15, 0.2) is 10.8 Å². The number of hydrogen-bond acceptors (Lipinski definition) is 5. The van der Waals surface area contributed by atoms with Gasteiger partial charge in [-0.2, -0.15) is 0 Å². The van der Waals surface area contributed by atoms with Crippen LogP contribution in [0, 0.1) is 0 Å². The summed E-state index contributed by atoms with van der Waals surface area (Å²) in [5.74, 6) is -1.81. The highest BCUT2D eigenvalue weighted by Crippen LogP contribution is 2.11. The Morgan fingerprint density at radius 1 is 1.69 bits per heavy atom. The number of carbonyl (C=O) groups excluding carboxylic acids is 1. The fourth-order valence-corrected chi connectivity index (χ4v) is 0.687. The molecule has 0 unspecified atom stereocenters. The third-order valence-corrected chi connectivity index (χ3v) is 1.23. The maximum absolute atomic E-state index is 10.5. The topological polar surface area (TPSA) is 118 Å². The second kappa shape index (κ2) is 3.57. The second-order valence-corrected chi connectivity index (χ2v) is 2.20. The van der Waals surface area contributed by atoms with Crippen molar-refractivity contribution in [1.29, 1.82) is 0 Å². The molecule has 1 aromatic heterocycles. The number of hydrogen-bond donors (Lipinski definition) is 3. The van der Waals surface area contributed by atoms with E-state index in [0.717, 1.165) is 6.26 Å². The molecule has 0 aliphatic carbocycles. The summed E-state index contributed by atoms with van der Waals surface area (Å²) in [5.41, 5.74) is 4.69. The molecule has 0 aliphatic rings. The highest BCUT2D eigenvalue weighted by atomic mass is 16.5. The van der Waals surface area contributed by atoms with E-state index in [9.17, 15) is 9.59 Å². The van der Waals surface area contributed by atoms with E-state index in [-0.39, 0.29) is 17.9 Å². The van der Waals surface area contributed by atoms with E-state index in [1.54, 1.807) is 0 Å². The first kappa shape index (κ1) is 9.04. The van der Waals surface area contributed by atoms with E-state index in [1.165, 1.54) is 0 Å². The monoisotopic (exact) mass is 185 g/mol. The highest BCUT2D eigenvalue weighted by molar-refractivity contribution is 5.93. The van der Waals surface area contributed by atoms with Gasteiger partial charge in [0.15, 0.2) is 5.82 Å². The molecule has 70 valence electrons. The van der Waals surface area contributed by atoms with Gasteiger partial charge in [-0.1, -0.05) is 5.16 Å². The summed E-state index contributed by atoms with van der Waals surface area (Å²) in [4.78, 5) is 20.8. The standard InChI is InChI=1S/C6H7N3O4/c7-4(10)1-8-5-3(6(11)12)2-13-9-5/h2H,1H2,(H2,7,10)(H,8,9)(H,11,12). The normalized spacial score (nSPS) is 9.54. The van der Waals surface area contributed by atoms with Crippen molar-refractivity contribution >= 4 is 17.7 Å². The number of carboxylic acids is 1. The highest BCUT2D eigenvalue weighted by Gasteiger charge is 2.14. The summed E-state index contributed by atoms with van der Waals surface area (Å²) < 4.78 is 4.39. The largest absolute Gasteiger partial charge is 0.477 e. The van der Waals surface area contributed by atoms with Gasteiger partial charge in [-0.05, 0) is 0 Å². The van der Waals surface area contributed by atoms with Crippen molar-refractivity contribution in [2.24, 2.45) is 5.73 Å². The number of primary amides is 1. The average molecular weight is 185 g/mol. The molecule has 1 aromatic rings. The number of aromatic carboxylic acids is 1. The van der Waals surface area contributed by atoms with Crippen LogP contribution in [0.3, 0.4) is 0 Å². The molecule has 0 saturated heterocycles. The van der Waals surface area contributed by atoms with Crippen LogP contribution in [0.2, 0.25) is 0 Å². The second-order valence-electron chi connectivity index (χ2n) is 2.20. The Bertz CT molecular complexity index is 332. The molecular formula is C6H7N3O4. The van der Waals surface area contributed by atoms with Crippen molar-refractivity contribution < 1.29 is 19.2 Å². The number of nitrogens with zero attached hydrogens (tertiary/aromatic N) is 1. The van der Waals surface area contributed by atoms with Gasteiger partial charge in [0.1, 0.15) is 11.8 Å². The van der Waals surface area contributed by atoms with Gasteiger partial charge in [0.2, 0.25) is 5.91 Å². The van der Waals surface area contributed by atoms with Gasteiger partial charge in [-0.3, -0.25) is 4.79 Å². The van der Waals surface area contributed by atoms with E-state index < -0.39 is 11.9 Å². The van der Waals surface area contributed by atoms with Crippen LogP contribution in [0.1, 0.15) is 10.4 Å². The van der Waals surface area contributed by atoms with Crippen LogP contribution in [0.4, 0.5) is 5.82 Å². The van der Waals surface area contributed by atoms with Crippen molar-refractivity contribution in [1.82, 2.24) is 5.16 Å². The number of aromatic nitrogens is 1. The van der Waals surface area contributed by atoms with Crippen LogP contribution < -0.4 is 11.1 Å². The minimum Gasteiger partial charge on any atom is -0.477 e. The molecule has 0 spiro atoms. The molecule has 7 nitrogen and oxygen atoms in total. The number of rotatable bonds is 4. The van der Waals surface area contributed by atoms with Gasteiger partial charge in [-0.15, -0.1) is 0 Å². The number of carbonyl (C=O) groups is 2. The van der Waals surface area contributed by atoms with Crippen molar-refractivity contribution in [3.63, 3.8) is 0 Å². The molecule has 0 aromatic carbocycles. The van der Waals surface area contributed by atoms with Gasteiger partial charge in [0.05, 0.1) is 6.54 Å². The molecular weight excluding hydrogens is 178 g/mol. The predicted octanol–water partition coefficient (Wildman–Crippen LogP) is -0.730. The lowest BCUT2D eigenvalue weighted by Crippen LogP contribution is -2.22. The maximum Gasteiger partial charge on any atom is 0.342 e. The van der Waals surface area contributed by atoms with Crippen LogP contribution in [-0.4, -0.2) is 28.7 Å². The summed E-state index contributed by atoms with van der Waals surface area (Å²) >= 11 is 0. The van der Waals surface area contributed by atoms with Crippen LogP contribution in [0.25, 0.3) is 0 Å². The molecule has 4 N–H and O–H groups in total. The minimum absolute atomic E-state index is 0.00806. The molecule has 1 heterocycles. The Labute approximate surface area is 72.5 Å². The molecule has 0 fully saturated rings. The van der Waals surface area contributed by atoms with Crippen LogP contribution in [-0.2, 0) is 4.79 Å². The van der Waals surface area contributed by atoms with Crippen molar-refractivity contribution in [2.45, 2.75) is 0 Å². The first-order valence-electron chi connectivity index (χ1n) is 3.31. The number of nitrogens with one attached hydrogen (secondary N) is 1. The number of carboxylic acid groups (broad SMARTS) is 1. The third-order valence-electron chi connectivity index (χ3n) is 1.23. The zero-order valence-corrected chi connectivity index (χ0v) is 6.48. The van der Waals surface area contributed by atoms with Gasteiger partial charge >= 0.3 is 5.97 Å². The molecule has 0 aliphatic heterocycles. The van der Waals surface area contributed by atoms with E-state index in [4.69, 9.17) is 10.8 Å².